The van der Waals surface area contributed by atoms with Gasteiger partial charge in [-0.3, -0.25) is 19.3 Å². The molecule has 0 aromatic carbocycles. The molecule has 200 valence electrons. The second-order valence-electron chi connectivity index (χ2n) is 8.97. The molecule has 1 aromatic heterocycles. The number of hydrogen-bond donors (Lipinski definition) is 2. The van der Waals surface area contributed by atoms with Gasteiger partial charge in [-0.1, -0.05) is 24.2 Å². The third-order valence-electron chi connectivity index (χ3n) is 5.19. The molecular weight excluding hydrogens is 522 g/mol. The minimum absolute atomic E-state index is 0.0498. The number of rotatable bonds is 9. The number of fused-ring (bicyclic) bond motifs is 1. The molecule has 1 saturated heterocycles. The van der Waals surface area contributed by atoms with Gasteiger partial charge in [0.05, 0.1) is 5.41 Å². The zero-order valence-corrected chi connectivity index (χ0v) is 22.7. The van der Waals surface area contributed by atoms with Gasteiger partial charge in [0.2, 0.25) is 6.79 Å². The van der Waals surface area contributed by atoms with Gasteiger partial charge in [-0.15, -0.1) is 23.1 Å². The van der Waals surface area contributed by atoms with Crippen molar-refractivity contribution in [3.8, 4) is 0 Å². The van der Waals surface area contributed by atoms with Crippen molar-refractivity contribution >= 4 is 57.7 Å². The molecule has 2 aliphatic rings. The molecule has 1 aromatic rings. The summed E-state index contributed by atoms with van der Waals surface area (Å²) in [5.74, 6) is -2.12. The summed E-state index contributed by atoms with van der Waals surface area (Å²) < 4.78 is 10.2. The van der Waals surface area contributed by atoms with E-state index in [0.29, 0.717) is 11.3 Å². The summed E-state index contributed by atoms with van der Waals surface area (Å²) >= 11 is 2.52. The van der Waals surface area contributed by atoms with Crippen LogP contribution in [0.25, 0.3) is 0 Å². The fourth-order valence-corrected chi connectivity index (χ4v) is 5.21. The maximum atomic E-state index is 13.1. The Morgan fingerprint density at radius 1 is 1.32 bits per heavy atom. The van der Waals surface area contributed by atoms with Gasteiger partial charge in [-0.25, -0.2) is 9.78 Å². The van der Waals surface area contributed by atoms with Crippen molar-refractivity contribution in [3.63, 3.8) is 0 Å². The quantitative estimate of drug-likeness (QED) is 0.152. The van der Waals surface area contributed by atoms with Gasteiger partial charge in [0.1, 0.15) is 29.9 Å². The molecule has 14 heteroatoms. The number of ether oxygens (including phenoxy) is 2. The van der Waals surface area contributed by atoms with Gasteiger partial charge in [0, 0.05) is 11.1 Å². The SMILES string of the molecule is CC/C=C\C1=C(C(=O)OCOC(=O)C(C)(C)C)N2C(=O)[C@@H](NC(=O)/C(=N\OC)c3csc(N)n3)[C@H]2SC1. The maximum absolute atomic E-state index is 13.1. The summed E-state index contributed by atoms with van der Waals surface area (Å²) in [4.78, 5) is 61.2. The topological polar surface area (TPSA) is 163 Å². The molecule has 12 nitrogen and oxygen atoms in total. The molecule has 0 unspecified atom stereocenters. The molecule has 0 spiro atoms. The van der Waals surface area contributed by atoms with Crippen LogP contribution in [0.15, 0.2) is 34.0 Å². The number of β-lactam (4-membered cyclic amide) rings is 1. The van der Waals surface area contributed by atoms with Crippen molar-refractivity contribution in [3.05, 3.63) is 34.5 Å². The first-order chi connectivity index (χ1) is 17.5. The number of thiazole rings is 1. The van der Waals surface area contributed by atoms with Crippen molar-refractivity contribution in [2.45, 2.75) is 45.5 Å². The lowest BCUT2D eigenvalue weighted by Gasteiger charge is -2.49. The van der Waals surface area contributed by atoms with Crippen LogP contribution in [0.1, 0.15) is 39.8 Å². The molecule has 1 fully saturated rings. The number of esters is 2. The zero-order valence-electron chi connectivity index (χ0n) is 21.1. The van der Waals surface area contributed by atoms with E-state index in [1.54, 1.807) is 32.2 Å². The standard InChI is InChI=1S/C23H29N5O7S2/c1-6-7-8-12-9-36-19-15(26-17(29)14(27-33-5)13-10-37-22(24)25-13)18(30)28(19)16(12)20(31)34-11-35-21(32)23(2,3)4/h7-8,10,15,19H,6,9,11H2,1-5H3,(H2,24,25)(H,26,29)/b8-7-,27-14-/t15-,19-/m1/s1. The first kappa shape index (κ1) is 28.2. The summed E-state index contributed by atoms with van der Waals surface area (Å²) in [6, 6.07) is -0.922. The summed E-state index contributed by atoms with van der Waals surface area (Å²) in [5.41, 5.74) is 5.61. The molecule has 3 heterocycles. The number of allylic oxidation sites excluding steroid dienone is 2. The predicted molar refractivity (Wildman–Crippen MR) is 138 cm³/mol. The van der Waals surface area contributed by atoms with Gasteiger partial charge >= 0.3 is 11.9 Å². The van der Waals surface area contributed by atoms with E-state index in [1.165, 1.54) is 23.8 Å². The first-order valence-corrected chi connectivity index (χ1v) is 13.2. The predicted octanol–water partition coefficient (Wildman–Crippen LogP) is 1.79. The first-order valence-electron chi connectivity index (χ1n) is 11.3. The maximum Gasteiger partial charge on any atom is 0.358 e. The Morgan fingerprint density at radius 2 is 2.05 bits per heavy atom. The van der Waals surface area contributed by atoms with Crippen LogP contribution in [0.2, 0.25) is 0 Å². The van der Waals surface area contributed by atoms with Crippen molar-refractivity contribution in [1.82, 2.24) is 15.2 Å². The van der Waals surface area contributed by atoms with Crippen LogP contribution in [0.3, 0.4) is 0 Å². The molecule has 2 atom stereocenters. The van der Waals surface area contributed by atoms with E-state index in [9.17, 15) is 19.2 Å². The number of nitrogens with one attached hydrogen (secondary N) is 1. The van der Waals surface area contributed by atoms with Crippen LogP contribution in [-0.4, -0.2) is 70.4 Å². The molecule has 3 rings (SSSR count). The summed E-state index contributed by atoms with van der Waals surface area (Å²) in [6.45, 7) is 6.38. The number of oxime groups is 1. The van der Waals surface area contributed by atoms with E-state index in [1.807, 2.05) is 13.0 Å². The number of amides is 2. The highest BCUT2D eigenvalue weighted by molar-refractivity contribution is 8.00. The van der Waals surface area contributed by atoms with Crippen LogP contribution >= 0.6 is 23.1 Å². The van der Waals surface area contributed by atoms with E-state index in [0.717, 1.165) is 17.8 Å². The number of carbonyl (C=O) groups is 4. The number of nitrogens with zero attached hydrogens (tertiary/aromatic N) is 3. The molecule has 0 saturated carbocycles. The van der Waals surface area contributed by atoms with Gasteiger partial charge in [0.15, 0.2) is 10.8 Å². The van der Waals surface area contributed by atoms with Crippen LogP contribution < -0.4 is 11.1 Å². The van der Waals surface area contributed by atoms with E-state index in [4.69, 9.17) is 20.0 Å². The minimum atomic E-state index is -0.922. The minimum Gasteiger partial charge on any atom is -0.427 e. The van der Waals surface area contributed by atoms with Crippen LogP contribution in [0.5, 0.6) is 0 Å². The molecule has 37 heavy (non-hydrogen) atoms. The number of aromatic nitrogens is 1. The lowest BCUT2D eigenvalue weighted by Crippen LogP contribution is -2.71. The Labute approximate surface area is 222 Å². The Balaban J connectivity index is 1.76. The number of nitrogen functional groups attached to an aromatic ring is 1. The van der Waals surface area contributed by atoms with Gasteiger partial charge in [0.25, 0.3) is 11.8 Å². The number of hydrogen-bond acceptors (Lipinski definition) is 12. The van der Waals surface area contributed by atoms with E-state index < -0.39 is 47.4 Å². The average Bonchev–Trinajstić information content (AvgIpc) is 3.28. The van der Waals surface area contributed by atoms with E-state index in [-0.39, 0.29) is 22.2 Å². The molecule has 3 N–H and O–H groups in total. The van der Waals surface area contributed by atoms with Crippen molar-refractivity contribution in [2.24, 2.45) is 10.6 Å². The fraction of sp³-hybridized carbons (Fsp3) is 0.478. The van der Waals surface area contributed by atoms with E-state index in [2.05, 4.69) is 15.5 Å². The Bertz CT molecular complexity index is 1170. The van der Waals surface area contributed by atoms with Crippen molar-refractivity contribution in [1.29, 1.82) is 0 Å². The number of carbonyl (C=O) groups excluding carboxylic acids is 4. The highest BCUT2D eigenvalue weighted by Crippen LogP contribution is 2.41. The average molecular weight is 552 g/mol. The van der Waals surface area contributed by atoms with E-state index >= 15 is 0 Å². The summed E-state index contributed by atoms with van der Waals surface area (Å²) in [5, 5.41) is 7.62. The van der Waals surface area contributed by atoms with Crippen LogP contribution in [0, 0.1) is 5.41 Å². The monoisotopic (exact) mass is 551 g/mol. The Morgan fingerprint density at radius 3 is 2.65 bits per heavy atom. The lowest BCUT2D eigenvalue weighted by atomic mass is 9.98. The smallest absolute Gasteiger partial charge is 0.358 e. The largest absolute Gasteiger partial charge is 0.427 e. The summed E-state index contributed by atoms with van der Waals surface area (Å²) in [6.07, 6.45) is 4.34. The molecule has 0 aliphatic carbocycles. The molecule has 0 bridgehead atoms. The molecule has 2 aliphatic heterocycles. The number of thioether (sulfide) groups is 1. The highest BCUT2D eigenvalue weighted by atomic mass is 32.2. The highest BCUT2D eigenvalue weighted by Gasteiger charge is 2.54. The number of anilines is 1. The van der Waals surface area contributed by atoms with Crippen molar-refractivity contribution < 1.29 is 33.5 Å². The normalized spacial score (nSPS) is 19.9. The second-order valence-corrected chi connectivity index (χ2v) is 11.0. The Hall–Kier alpha value is -3.39. The number of nitrogens with two attached hydrogens (primary N) is 1. The molecule has 2 amide bonds. The third-order valence-corrected chi connectivity index (χ3v) is 7.16. The van der Waals surface area contributed by atoms with Gasteiger partial charge in [-0.2, -0.15) is 0 Å². The molecular formula is C23H29N5O7S2. The van der Waals surface area contributed by atoms with Gasteiger partial charge < -0.3 is 25.4 Å². The molecule has 0 radical (unpaired) electrons. The fourth-order valence-electron chi connectivity index (χ4n) is 3.34. The third kappa shape index (κ3) is 6.31. The zero-order chi connectivity index (χ0) is 27.3. The summed E-state index contributed by atoms with van der Waals surface area (Å²) in [7, 11) is 1.28. The lowest BCUT2D eigenvalue weighted by molar-refractivity contribution is -0.173. The van der Waals surface area contributed by atoms with Crippen LogP contribution in [0.4, 0.5) is 5.13 Å². The van der Waals surface area contributed by atoms with Crippen molar-refractivity contribution in [2.75, 3.05) is 25.4 Å². The Kier molecular flexibility index (Phi) is 8.97. The van der Waals surface area contributed by atoms with Crippen LogP contribution in [-0.2, 0) is 33.5 Å². The second kappa shape index (κ2) is 11.8. The van der Waals surface area contributed by atoms with Gasteiger partial charge in [-0.05, 0) is 32.8 Å².